The molecule has 84 valence electrons. The smallest absolute Gasteiger partial charge is 0.335 e. The minimum absolute atomic E-state index is 1.52. The Kier molecular flexibility index (Phi) is 3.45. The van der Waals surface area contributed by atoms with Crippen molar-refractivity contribution in [3.05, 3.63) is 10.4 Å². The van der Waals surface area contributed by atoms with Crippen molar-refractivity contribution >= 4 is 5.97 Å². The molecule has 1 aliphatic rings. The fraction of sp³-hybridized carbons (Fsp3) is 0.833. The first-order chi connectivity index (χ1) is 6.99. The molecule has 0 aromatic heterocycles. The lowest BCUT2D eigenvalue weighted by atomic mass is 9.98. The number of hydrogen-bond donors (Lipinski definition) is 4. The molecule has 0 amide bonds. The van der Waals surface area contributed by atoms with Crippen LogP contribution in [0.3, 0.4) is 0 Å². The average Bonchev–Trinajstić information content (AvgIpc) is 2.18. The predicted octanol–water partition coefficient (Wildman–Crippen LogP) is -1.81. The molecular formula is C6H9N3O6. The van der Waals surface area contributed by atoms with Crippen molar-refractivity contribution in [2.45, 2.75) is 30.6 Å². The van der Waals surface area contributed by atoms with Crippen molar-refractivity contribution in [3.8, 4) is 0 Å². The van der Waals surface area contributed by atoms with Gasteiger partial charge in [-0.1, -0.05) is 5.11 Å². The van der Waals surface area contributed by atoms with E-state index in [-0.39, 0.29) is 0 Å². The average molecular weight is 219 g/mol. The largest absolute Gasteiger partial charge is 0.479 e. The molecule has 1 fully saturated rings. The van der Waals surface area contributed by atoms with Crippen LogP contribution in [0.2, 0.25) is 0 Å². The fourth-order valence-electron chi connectivity index (χ4n) is 1.21. The van der Waals surface area contributed by atoms with Gasteiger partial charge in [0.15, 0.2) is 12.3 Å². The minimum Gasteiger partial charge on any atom is -0.479 e. The van der Waals surface area contributed by atoms with Gasteiger partial charge in [-0.15, -0.1) is 0 Å². The second-order valence-corrected chi connectivity index (χ2v) is 2.96. The Morgan fingerprint density at radius 3 is 2.33 bits per heavy atom. The van der Waals surface area contributed by atoms with Crippen LogP contribution < -0.4 is 0 Å². The number of carbonyl (C=O) groups is 1. The number of azide groups is 1. The number of carboxylic acids is 1. The number of rotatable bonds is 2. The highest BCUT2D eigenvalue weighted by Crippen LogP contribution is 2.22. The van der Waals surface area contributed by atoms with Crippen LogP contribution in [0, 0.1) is 0 Å². The number of carboxylic acid groups (broad SMARTS) is 1. The van der Waals surface area contributed by atoms with E-state index in [4.69, 9.17) is 10.6 Å². The molecule has 1 aliphatic heterocycles. The van der Waals surface area contributed by atoms with E-state index in [0.29, 0.717) is 0 Å². The van der Waals surface area contributed by atoms with Gasteiger partial charge in [0.2, 0.25) is 0 Å². The van der Waals surface area contributed by atoms with Crippen LogP contribution >= 0.6 is 0 Å². The molecule has 4 N–H and O–H groups in total. The van der Waals surface area contributed by atoms with E-state index in [0.717, 1.165) is 0 Å². The van der Waals surface area contributed by atoms with E-state index in [1.54, 1.807) is 0 Å². The Balaban J connectivity index is 2.89. The molecule has 0 aliphatic carbocycles. The monoisotopic (exact) mass is 219 g/mol. The Morgan fingerprint density at radius 1 is 1.27 bits per heavy atom. The van der Waals surface area contributed by atoms with E-state index in [1.165, 1.54) is 0 Å². The van der Waals surface area contributed by atoms with Gasteiger partial charge >= 0.3 is 5.97 Å². The lowest BCUT2D eigenvalue weighted by molar-refractivity contribution is -0.226. The van der Waals surface area contributed by atoms with Crippen LogP contribution in [0.1, 0.15) is 0 Å². The van der Waals surface area contributed by atoms with Crippen LogP contribution in [0.4, 0.5) is 0 Å². The number of hydrogen-bond acceptors (Lipinski definition) is 6. The van der Waals surface area contributed by atoms with E-state index >= 15 is 0 Å². The first kappa shape index (κ1) is 11.7. The normalized spacial score (nSPS) is 40.6. The molecule has 15 heavy (non-hydrogen) atoms. The van der Waals surface area contributed by atoms with Crippen LogP contribution in [0.25, 0.3) is 10.4 Å². The van der Waals surface area contributed by atoms with Crippen molar-refractivity contribution in [2.75, 3.05) is 0 Å². The summed E-state index contributed by atoms with van der Waals surface area (Å²) in [5.41, 5.74) is 8.09. The lowest BCUT2D eigenvalue weighted by Crippen LogP contribution is -2.59. The molecule has 0 radical (unpaired) electrons. The summed E-state index contributed by atoms with van der Waals surface area (Å²) >= 11 is 0. The van der Waals surface area contributed by atoms with Gasteiger partial charge in [0.05, 0.1) is 0 Å². The third-order valence-corrected chi connectivity index (χ3v) is 2.00. The standard InChI is InChI=1S/C6H9N3O6/c7-9-8-5-3(12)1(10)2(11)4(15-5)6(13)14/h1-5,10-12H,(H,13,14)/t1-,2-,3+,4-,5+/m0/s1. The van der Waals surface area contributed by atoms with Gasteiger partial charge < -0.3 is 25.2 Å². The summed E-state index contributed by atoms with van der Waals surface area (Å²) in [5, 5.41) is 39.2. The highest BCUT2D eigenvalue weighted by Gasteiger charge is 2.46. The van der Waals surface area contributed by atoms with Gasteiger partial charge in [-0.2, -0.15) is 0 Å². The van der Waals surface area contributed by atoms with Crippen LogP contribution in [0.15, 0.2) is 5.11 Å². The SMILES string of the molecule is [N-]=[N+]=N[C@@H]1O[C@H](C(=O)O)[C@@H](O)[C@H](O)[C@H]1O. The lowest BCUT2D eigenvalue weighted by Gasteiger charge is -2.36. The number of ether oxygens (including phenoxy) is 1. The highest BCUT2D eigenvalue weighted by atomic mass is 16.6. The number of nitrogens with zero attached hydrogens (tertiary/aromatic N) is 3. The number of aliphatic hydroxyl groups excluding tert-OH is 3. The van der Waals surface area contributed by atoms with Crippen molar-refractivity contribution in [1.82, 2.24) is 0 Å². The molecular weight excluding hydrogens is 210 g/mol. The Labute approximate surface area is 83.1 Å². The van der Waals surface area contributed by atoms with Crippen LogP contribution in [-0.2, 0) is 9.53 Å². The zero-order valence-electron chi connectivity index (χ0n) is 7.33. The van der Waals surface area contributed by atoms with Gasteiger partial charge in [-0.05, 0) is 5.53 Å². The first-order valence-electron chi connectivity index (χ1n) is 3.95. The Hall–Kier alpha value is -1.38. The summed E-state index contributed by atoms with van der Waals surface area (Å²) in [7, 11) is 0. The number of aliphatic carboxylic acids is 1. The molecule has 1 heterocycles. The molecule has 0 aromatic carbocycles. The van der Waals surface area contributed by atoms with Gasteiger partial charge in [-0.3, -0.25) is 0 Å². The number of aliphatic hydroxyl groups is 3. The summed E-state index contributed by atoms with van der Waals surface area (Å²) < 4.78 is 4.60. The molecule has 0 bridgehead atoms. The Morgan fingerprint density at radius 2 is 1.87 bits per heavy atom. The molecule has 0 spiro atoms. The molecule has 9 nitrogen and oxygen atoms in total. The van der Waals surface area contributed by atoms with Gasteiger partial charge in [-0.25, -0.2) is 4.79 Å². The summed E-state index contributed by atoms with van der Waals surface area (Å²) in [6.07, 6.45) is -8.45. The highest BCUT2D eigenvalue weighted by molar-refractivity contribution is 5.73. The van der Waals surface area contributed by atoms with Gasteiger partial charge in [0, 0.05) is 4.91 Å². The molecule has 0 saturated carbocycles. The molecule has 1 saturated heterocycles. The van der Waals surface area contributed by atoms with Crippen molar-refractivity contribution in [1.29, 1.82) is 0 Å². The summed E-state index contributed by atoms with van der Waals surface area (Å²) in [5.74, 6) is -1.52. The van der Waals surface area contributed by atoms with Crippen molar-refractivity contribution in [3.63, 3.8) is 0 Å². The molecule has 0 aromatic rings. The van der Waals surface area contributed by atoms with Crippen molar-refractivity contribution < 1.29 is 30.0 Å². The predicted molar refractivity (Wildman–Crippen MR) is 43.5 cm³/mol. The molecule has 1 rings (SSSR count). The molecule has 0 unspecified atom stereocenters. The maximum Gasteiger partial charge on any atom is 0.335 e. The van der Waals surface area contributed by atoms with Crippen LogP contribution in [0.5, 0.6) is 0 Å². The van der Waals surface area contributed by atoms with E-state index in [2.05, 4.69) is 14.8 Å². The molecule has 9 heteroatoms. The maximum absolute atomic E-state index is 10.6. The fourth-order valence-corrected chi connectivity index (χ4v) is 1.21. The zero-order valence-corrected chi connectivity index (χ0v) is 7.33. The van der Waals surface area contributed by atoms with E-state index < -0.39 is 36.6 Å². The second kappa shape index (κ2) is 4.43. The topological polar surface area (TPSA) is 156 Å². The summed E-state index contributed by atoms with van der Waals surface area (Å²) in [4.78, 5) is 12.9. The van der Waals surface area contributed by atoms with Gasteiger partial charge in [0.1, 0.15) is 18.3 Å². The third kappa shape index (κ3) is 2.17. The summed E-state index contributed by atoms with van der Waals surface area (Å²) in [6, 6.07) is 0. The Bertz CT molecular complexity index is 289. The summed E-state index contributed by atoms with van der Waals surface area (Å²) in [6.45, 7) is 0. The first-order valence-corrected chi connectivity index (χ1v) is 3.95. The quantitative estimate of drug-likeness (QED) is 0.243. The molecule has 5 atom stereocenters. The zero-order chi connectivity index (χ0) is 11.6. The van der Waals surface area contributed by atoms with E-state index in [9.17, 15) is 20.1 Å². The third-order valence-electron chi connectivity index (χ3n) is 2.00. The second-order valence-electron chi connectivity index (χ2n) is 2.96. The van der Waals surface area contributed by atoms with E-state index in [1.807, 2.05) is 0 Å². The minimum atomic E-state index is -1.78. The van der Waals surface area contributed by atoms with Crippen LogP contribution in [-0.4, -0.2) is 57.0 Å². The maximum atomic E-state index is 10.6. The van der Waals surface area contributed by atoms with Gasteiger partial charge in [0.25, 0.3) is 0 Å². The van der Waals surface area contributed by atoms with Crippen molar-refractivity contribution in [2.24, 2.45) is 5.11 Å².